The first-order chi connectivity index (χ1) is 10.9. The molecule has 1 atom stereocenters. The Morgan fingerprint density at radius 1 is 1.00 bits per heavy atom. The highest BCUT2D eigenvalue weighted by atomic mass is 19.4. The lowest BCUT2D eigenvalue weighted by Crippen LogP contribution is -2.20. The molecule has 0 saturated heterocycles. The van der Waals surface area contributed by atoms with Gasteiger partial charge in [0, 0.05) is 12.2 Å². The van der Waals surface area contributed by atoms with Crippen LogP contribution in [-0.4, -0.2) is 11.5 Å². The Kier molecular flexibility index (Phi) is 9.22. The number of aromatic nitrogens is 1. The van der Waals surface area contributed by atoms with Crippen molar-refractivity contribution in [3.05, 3.63) is 29.6 Å². The van der Waals surface area contributed by atoms with Gasteiger partial charge in [0.2, 0.25) is 0 Å². The predicted octanol–water partition coefficient (Wildman–Crippen LogP) is 5.89. The Hall–Kier alpha value is -1.10. The van der Waals surface area contributed by atoms with E-state index in [0.29, 0.717) is 0 Å². The van der Waals surface area contributed by atoms with Crippen molar-refractivity contribution in [3.63, 3.8) is 0 Å². The van der Waals surface area contributed by atoms with Crippen molar-refractivity contribution in [1.82, 2.24) is 10.3 Å². The molecule has 0 unspecified atom stereocenters. The van der Waals surface area contributed by atoms with Gasteiger partial charge in [0.25, 0.3) is 0 Å². The van der Waals surface area contributed by atoms with E-state index < -0.39 is 11.9 Å². The Labute approximate surface area is 137 Å². The monoisotopic (exact) mass is 330 g/mol. The lowest BCUT2D eigenvalue weighted by Gasteiger charge is -2.14. The fourth-order valence-electron chi connectivity index (χ4n) is 2.52. The molecule has 0 fully saturated rings. The van der Waals surface area contributed by atoms with E-state index >= 15 is 0 Å². The molecular formula is C18H29F3N2. The molecule has 0 aromatic carbocycles. The average molecular weight is 330 g/mol. The summed E-state index contributed by atoms with van der Waals surface area (Å²) >= 11 is 0. The third-order valence-corrected chi connectivity index (χ3v) is 4.06. The zero-order valence-electron chi connectivity index (χ0n) is 14.3. The number of alkyl halides is 3. The van der Waals surface area contributed by atoms with Gasteiger partial charge in [-0.15, -0.1) is 0 Å². The Bertz CT molecular complexity index is 415. The van der Waals surface area contributed by atoms with Gasteiger partial charge in [-0.2, -0.15) is 13.2 Å². The van der Waals surface area contributed by atoms with E-state index in [0.717, 1.165) is 24.6 Å². The lowest BCUT2D eigenvalue weighted by atomic mass is 10.1. The second kappa shape index (κ2) is 10.6. The number of hydrogen-bond donors (Lipinski definition) is 1. The van der Waals surface area contributed by atoms with Crippen molar-refractivity contribution in [1.29, 1.82) is 0 Å². The number of halogens is 3. The Balaban J connectivity index is 2.15. The predicted molar refractivity (Wildman–Crippen MR) is 88.3 cm³/mol. The first-order valence-electron chi connectivity index (χ1n) is 8.71. The largest absolute Gasteiger partial charge is 0.433 e. The van der Waals surface area contributed by atoms with E-state index in [-0.39, 0.29) is 6.04 Å². The van der Waals surface area contributed by atoms with Crippen molar-refractivity contribution < 1.29 is 13.2 Å². The summed E-state index contributed by atoms with van der Waals surface area (Å²) in [6.45, 7) is 5.06. The molecule has 1 N–H and O–H groups in total. The molecule has 23 heavy (non-hydrogen) atoms. The van der Waals surface area contributed by atoms with Gasteiger partial charge in [0.1, 0.15) is 5.69 Å². The Morgan fingerprint density at radius 3 is 2.13 bits per heavy atom. The van der Waals surface area contributed by atoms with E-state index in [4.69, 9.17) is 0 Å². The minimum absolute atomic E-state index is 0.0225. The molecule has 1 aromatic heterocycles. The van der Waals surface area contributed by atoms with Crippen LogP contribution in [0.3, 0.4) is 0 Å². The number of nitrogens with zero attached hydrogens (tertiary/aromatic N) is 1. The summed E-state index contributed by atoms with van der Waals surface area (Å²) < 4.78 is 37.4. The van der Waals surface area contributed by atoms with Crippen molar-refractivity contribution in [2.75, 3.05) is 6.54 Å². The normalized spacial score (nSPS) is 13.3. The smallest absolute Gasteiger partial charge is 0.310 e. The molecule has 0 aliphatic carbocycles. The summed E-state index contributed by atoms with van der Waals surface area (Å²) in [6, 6.07) is 2.57. The van der Waals surface area contributed by atoms with Crippen LogP contribution in [0.1, 0.15) is 82.5 Å². The van der Waals surface area contributed by atoms with Crippen LogP contribution in [0.25, 0.3) is 0 Å². The molecule has 1 heterocycles. The summed E-state index contributed by atoms with van der Waals surface area (Å²) in [5, 5.41) is 3.35. The van der Waals surface area contributed by atoms with Gasteiger partial charge in [-0.3, -0.25) is 4.98 Å². The first kappa shape index (κ1) is 19.9. The quantitative estimate of drug-likeness (QED) is 0.512. The number of nitrogens with one attached hydrogen (secondary N) is 1. The van der Waals surface area contributed by atoms with E-state index in [1.807, 2.05) is 6.92 Å². The van der Waals surface area contributed by atoms with Gasteiger partial charge in [0.15, 0.2) is 0 Å². The van der Waals surface area contributed by atoms with E-state index in [1.165, 1.54) is 57.2 Å². The van der Waals surface area contributed by atoms with Crippen molar-refractivity contribution >= 4 is 0 Å². The lowest BCUT2D eigenvalue weighted by molar-refractivity contribution is -0.141. The van der Waals surface area contributed by atoms with E-state index in [2.05, 4.69) is 17.2 Å². The molecule has 0 aliphatic rings. The highest BCUT2D eigenvalue weighted by molar-refractivity contribution is 5.18. The highest BCUT2D eigenvalue weighted by Crippen LogP contribution is 2.27. The summed E-state index contributed by atoms with van der Waals surface area (Å²) in [4.78, 5) is 3.50. The van der Waals surface area contributed by atoms with Gasteiger partial charge >= 0.3 is 6.18 Å². The maximum absolute atomic E-state index is 12.5. The molecular weight excluding hydrogens is 301 g/mol. The maximum atomic E-state index is 12.5. The number of rotatable bonds is 11. The molecule has 0 radical (unpaired) electrons. The molecule has 0 amide bonds. The van der Waals surface area contributed by atoms with Crippen molar-refractivity contribution in [2.24, 2.45) is 0 Å². The maximum Gasteiger partial charge on any atom is 0.433 e. The topological polar surface area (TPSA) is 24.9 Å². The standard InChI is InChI=1S/C18H29F3N2/c1-3-4-5-6-7-8-9-10-13-22-15(2)16-11-12-17(23-14-16)18(19,20)21/h11-12,14-15,22H,3-10,13H2,1-2H3/t15-/m0/s1. The molecule has 0 bridgehead atoms. The van der Waals surface area contributed by atoms with Gasteiger partial charge < -0.3 is 5.32 Å². The average Bonchev–Trinajstić information content (AvgIpc) is 2.52. The molecule has 2 nitrogen and oxygen atoms in total. The fourth-order valence-corrected chi connectivity index (χ4v) is 2.52. The number of unbranched alkanes of at least 4 members (excludes halogenated alkanes) is 7. The van der Waals surface area contributed by atoms with Gasteiger partial charge in [-0.1, -0.05) is 57.9 Å². The van der Waals surface area contributed by atoms with Crippen LogP contribution in [-0.2, 0) is 6.18 Å². The molecule has 132 valence electrons. The zero-order valence-corrected chi connectivity index (χ0v) is 14.3. The van der Waals surface area contributed by atoms with Crippen LogP contribution in [0.15, 0.2) is 18.3 Å². The van der Waals surface area contributed by atoms with Gasteiger partial charge in [-0.25, -0.2) is 0 Å². The summed E-state index contributed by atoms with van der Waals surface area (Å²) in [5.41, 5.74) is -0.0471. The van der Waals surface area contributed by atoms with Gasteiger partial charge in [-0.05, 0) is 31.5 Å². The van der Waals surface area contributed by atoms with Crippen molar-refractivity contribution in [2.45, 2.75) is 77.4 Å². The summed E-state index contributed by atoms with van der Waals surface area (Å²) in [7, 11) is 0. The SMILES string of the molecule is CCCCCCCCCCN[C@@H](C)c1ccc(C(F)(F)F)nc1. The fraction of sp³-hybridized carbons (Fsp3) is 0.722. The first-order valence-corrected chi connectivity index (χ1v) is 8.71. The number of hydrogen-bond acceptors (Lipinski definition) is 2. The van der Waals surface area contributed by atoms with Crippen molar-refractivity contribution in [3.8, 4) is 0 Å². The van der Waals surface area contributed by atoms with Crippen LogP contribution in [0.2, 0.25) is 0 Å². The zero-order chi connectivity index (χ0) is 17.1. The summed E-state index contributed by atoms with van der Waals surface area (Å²) in [5.74, 6) is 0. The van der Waals surface area contributed by atoms with Gasteiger partial charge in [0.05, 0.1) is 0 Å². The Morgan fingerprint density at radius 2 is 1.61 bits per heavy atom. The van der Waals surface area contributed by atoms with Crippen LogP contribution in [0.5, 0.6) is 0 Å². The molecule has 0 spiro atoms. The molecule has 1 aromatic rings. The second-order valence-corrected chi connectivity index (χ2v) is 6.13. The number of pyridine rings is 1. The molecule has 1 rings (SSSR count). The highest BCUT2D eigenvalue weighted by Gasteiger charge is 2.32. The second-order valence-electron chi connectivity index (χ2n) is 6.13. The summed E-state index contributed by atoms with van der Waals surface area (Å²) in [6.07, 6.45) is 7.10. The molecule has 5 heteroatoms. The van der Waals surface area contributed by atoms with Crippen LogP contribution < -0.4 is 5.32 Å². The van der Waals surface area contributed by atoms with Crippen LogP contribution in [0, 0.1) is 0 Å². The minimum atomic E-state index is -4.37. The third-order valence-electron chi connectivity index (χ3n) is 4.06. The van der Waals surface area contributed by atoms with Crippen LogP contribution >= 0.6 is 0 Å². The minimum Gasteiger partial charge on any atom is -0.310 e. The van der Waals surface area contributed by atoms with Crippen LogP contribution in [0.4, 0.5) is 13.2 Å². The molecule has 0 aliphatic heterocycles. The van der Waals surface area contributed by atoms with E-state index in [1.54, 1.807) is 0 Å². The third kappa shape index (κ3) is 8.35. The molecule has 0 saturated carbocycles. The van der Waals surface area contributed by atoms with E-state index in [9.17, 15) is 13.2 Å².